The topological polar surface area (TPSA) is 81.9 Å². The molecule has 1 rings (SSSR count). The lowest BCUT2D eigenvalue weighted by atomic mass is 10.1. The molecule has 1 aromatic rings. The molecule has 0 saturated carbocycles. The van der Waals surface area contributed by atoms with Crippen molar-refractivity contribution in [2.75, 3.05) is 26.5 Å². The number of rotatable bonds is 5. The molecule has 0 aliphatic rings. The van der Waals surface area contributed by atoms with E-state index >= 15 is 0 Å². The third kappa shape index (κ3) is 3.63. The van der Waals surface area contributed by atoms with Crippen molar-refractivity contribution in [3.8, 4) is 5.75 Å². The van der Waals surface area contributed by atoms with Gasteiger partial charge in [0.1, 0.15) is 5.75 Å². The standard InChI is InChI=1S/C14H20N2O4/c1-9(2)16(3)12(17)8-20-14(18)10-6-5-7-11(19-4)13(10)15/h5-7,9H,8,15H2,1-4H3. The predicted molar refractivity (Wildman–Crippen MR) is 75.6 cm³/mol. The number of hydrogen-bond donors (Lipinski definition) is 1. The van der Waals surface area contributed by atoms with E-state index in [4.69, 9.17) is 15.2 Å². The summed E-state index contributed by atoms with van der Waals surface area (Å²) in [5, 5.41) is 0. The number of amides is 1. The number of carbonyl (C=O) groups excluding carboxylic acids is 2. The van der Waals surface area contributed by atoms with Crippen LogP contribution >= 0.6 is 0 Å². The lowest BCUT2D eigenvalue weighted by Crippen LogP contribution is -2.36. The number of ether oxygens (including phenoxy) is 2. The Balaban J connectivity index is 2.71. The zero-order chi connectivity index (χ0) is 15.3. The first-order chi connectivity index (χ1) is 9.38. The minimum atomic E-state index is -0.646. The average molecular weight is 280 g/mol. The summed E-state index contributed by atoms with van der Waals surface area (Å²) < 4.78 is 10.00. The number of anilines is 1. The summed E-state index contributed by atoms with van der Waals surface area (Å²) in [5.41, 5.74) is 6.17. The van der Waals surface area contributed by atoms with Crippen LogP contribution in [0.2, 0.25) is 0 Å². The molecule has 6 heteroatoms. The molecule has 6 nitrogen and oxygen atoms in total. The number of hydrogen-bond acceptors (Lipinski definition) is 5. The molecule has 0 aliphatic heterocycles. The second-order valence-electron chi connectivity index (χ2n) is 4.60. The van der Waals surface area contributed by atoms with Gasteiger partial charge in [0.15, 0.2) is 6.61 Å². The van der Waals surface area contributed by atoms with E-state index in [1.54, 1.807) is 19.2 Å². The van der Waals surface area contributed by atoms with Gasteiger partial charge in [0.2, 0.25) is 0 Å². The fourth-order valence-corrected chi connectivity index (χ4v) is 1.49. The minimum absolute atomic E-state index is 0.0445. The van der Waals surface area contributed by atoms with E-state index < -0.39 is 5.97 Å². The summed E-state index contributed by atoms with van der Waals surface area (Å²) in [7, 11) is 3.11. The molecule has 0 bridgehead atoms. The van der Waals surface area contributed by atoms with Crippen LogP contribution in [0.15, 0.2) is 18.2 Å². The summed E-state index contributed by atoms with van der Waals surface area (Å²) in [5.74, 6) is -0.521. The van der Waals surface area contributed by atoms with E-state index in [0.29, 0.717) is 5.75 Å². The van der Waals surface area contributed by atoms with Gasteiger partial charge < -0.3 is 20.1 Å². The van der Waals surface area contributed by atoms with Crippen LogP contribution in [0.4, 0.5) is 5.69 Å². The van der Waals surface area contributed by atoms with Crippen LogP contribution in [0.3, 0.4) is 0 Å². The first-order valence-electron chi connectivity index (χ1n) is 6.23. The molecular formula is C14H20N2O4. The van der Waals surface area contributed by atoms with Crippen LogP contribution in [0.1, 0.15) is 24.2 Å². The third-order valence-electron chi connectivity index (χ3n) is 3.00. The zero-order valence-electron chi connectivity index (χ0n) is 12.2. The number of nitrogen functional groups attached to an aromatic ring is 1. The number of carbonyl (C=O) groups is 2. The lowest BCUT2D eigenvalue weighted by Gasteiger charge is -2.21. The van der Waals surface area contributed by atoms with E-state index in [1.165, 1.54) is 18.1 Å². The van der Waals surface area contributed by atoms with Gasteiger partial charge in [-0.05, 0) is 26.0 Å². The molecule has 0 aliphatic carbocycles. The smallest absolute Gasteiger partial charge is 0.340 e. The Hall–Kier alpha value is -2.24. The van der Waals surface area contributed by atoms with Crippen molar-refractivity contribution in [2.45, 2.75) is 19.9 Å². The van der Waals surface area contributed by atoms with Crippen LogP contribution in [0.25, 0.3) is 0 Å². The van der Waals surface area contributed by atoms with Gasteiger partial charge in [-0.2, -0.15) is 0 Å². The zero-order valence-corrected chi connectivity index (χ0v) is 12.2. The van der Waals surface area contributed by atoms with Crippen molar-refractivity contribution in [2.24, 2.45) is 0 Å². The Morgan fingerprint density at radius 3 is 2.55 bits per heavy atom. The van der Waals surface area contributed by atoms with Crippen LogP contribution < -0.4 is 10.5 Å². The molecule has 1 aromatic carbocycles. The Morgan fingerprint density at radius 1 is 1.35 bits per heavy atom. The molecule has 0 unspecified atom stereocenters. The molecule has 0 fully saturated rings. The lowest BCUT2D eigenvalue weighted by molar-refractivity contribution is -0.134. The maximum absolute atomic E-state index is 11.9. The highest BCUT2D eigenvalue weighted by atomic mass is 16.5. The monoisotopic (exact) mass is 280 g/mol. The Labute approximate surface area is 118 Å². The number of para-hydroxylation sites is 1. The molecule has 20 heavy (non-hydrogen) atoms. The third-order valence-corrected chi connectivity index (χ3v) is 3.00. The molecule has 0 atom stereocenters. The van der Waals surface area contributed by atoms with Crippen molar-refractivity contribution in [3.63, 3.8) is 0 Å². The fourth-order valence-electron chi connectivity index (χ4n) is 1.49. The first kappa shape index (κ1) is 15.8. The highest BCUT2D eigenvalue weighted by Crippen LogP contribution is 2.25. The van der Waals surface area contributed by atoms with E-state index in [-0.39, 0.29) is 29.8 Å². The highest BCUT2D eigenvalue weighted by molar-refractivity contribution is 5.97. The van der Waals surface area contributed by atoms with Gasteiger partial charge in [0, 0.05) is 13.1 Å². The molecule has 0 saturated heterocycles. The number of nitrogens with zero attached hydrogens (tertiary/aromatic N) is 1. The molecule has 2 N–H and O–H groups in total. The Bertz CT molecular complexity index is 500. The van der Waals surface area contributed by atoms with Crippen molar-refractivity contribution >= 4 is 17.6 Å². The summed E-state index contributed by atoms with van der Waals surface area (Å²) >= 11 is 0. The van der Waals surface area contributed by atoms with E-state index in [1.807, 2.05) is 13.8 Å². The van der Waals surface area contributed by atoms with E-state index in [9.17, 15) is 9.59 Å². The maximum atomic E-state index is 11.9. The van der Waals surface area contributed by atoms with Crippen molar-refractivity contribution < 1.29 is 19.1 Å². The van der Waals surface area contributed by atoms with Crippen LogP contribution in [-0.2, 0) is 9.53 Å². The second kappa shape index (κ2) is 6.79. The SMILES string of the molecule is COc1cccc(C(=O)OCC(=O)N(C)C(C)C)c1N. The summed E-state index contributed by atoms with van der Waals surface area (Å²) in [6.45, 7) is 3.43. The number of benzene rings is 1. The molecule has 0 aromatic heterocycles. The fraction of sp³-hybridized carbons (Fsp3) is 0.429. The van der Waals surface area contributed by atoms with Crippen LogP contribution in [-0.4, -0.2) is 43.6 Å². The number of nitrogens with two attached hydrogens (primary N) is 1. The summed E-state index contributed by atoms with van der Waals surface area (Å²) in [4.78, 5) is 25.1. The summed E-state index contributed by atoms with van der Waals surface area (Å²) in [6.07, 6.45) is 0. The number of likely N-dealkylation sites (N-methyl/N-ethyl adjacent to an activating group) is 1. The minimum Gasteiger partial charge on any atom is -0.495 e. The maximum Gasteiger partial charge on any atom is 0.340 e. The normalized spacial score (nSPS) is 10.2. The predicted octanol–water partition coefficient (Wildman–Crippen LogP) is 1.30. The van der Waals surface area contributed by atoms with Crippen LogP contribution in [0.5, 0.6) is 5.75 Å². The Morgan fingerprint density at radius 2 is 2.00 bits per heavy atom. The van der Waals surface area contributed by atoms with Crippen molar-refractivity contribution in [1.82, 2.24) is 4.90 Å². The van der Waals surface area contributed by atoms with Gasteiger partial charge >= 0.3 is 5.97 Å². The van der Waals surface area contributed by atoms with Gasteiger partial charge in [-0.25, -0.2) is 4.79 Å². The largest absolute Gasteiger partial charge is 0.495 e. The van der Waals surface area contributed by atoms with Crippen molar-refractivity contribution in [3.05, 3.63) is 23.8 Å². The molecule has 0 heterocycles. The van der Waals surface area contributed by atoms with Crippen molar-refractivity contribution in [1.29, 1.82) is 0 Å². The molecule has 1 amide bonds. The highest BCUT2D eigenvalue weighted by Gasteiger charge is 2.18. The number of esters is 1. The van der Waals surface area contributed by atoms with Gasteiger partial charge in [-0.15, -0.1) is 0 Å². The molecule has 0 spiro atoms. The number of methoxy groups -OCH3 is 1. The van der Waals surface area contributed by atoms with Gasteiger partial charge in [-0.3, -0.25) is 4.79 Å². The molecular weight excluding hydrogens is 260 g/mol. The quantitative estimate of drug-likeness (QED) is 0.649. The first-order valence-corrected chi connectivity index (χ1v) is 6.23. The molecule has 0 radical (unpaired) electrons. The summed E-state index contributed by atoms with van der Waals surface area (Å²) in [6, 6.07) is 4.84. The van der Waals surface area contributed by atoms with Gasteiger partial charge in [0.25, 0.3) is 5.91 Å². The van der Waals surface area contributed by atoms with Gasteiger partial charge in [-0.1, -0.05) is 6.07 Å². The van der Waals surface area contributed by atoms with E-state index in [0.717, 1.165) is 0 Å². The van der Waals surface area contributed by atoms with E-state index in [2.05, 4.69) is 0 Å². The average Bonchev–Trinajstić information content (AvgIpc) is 2.43. The molecule has 110 valence electrons. The Kier molecular flexibility index (Phi) is 5.37. The second-order valence-corrected chi connectivity index (χ2v) is 4.60. The van der Waals surface area contributed by atoms with Gasteiger partial charge in [0.05, 0.1) is 18.4 Å². The van der Waals surface area contributed by atoms with Crippen LogP contribution in [0, 0.1) is 0 Å².